The van der Waals surface area contributed by atoms with Crippen molar-refractivity contribution in [2.75, 3.05) is 26.9 Å². The standard InChI is InChI=1S/C29H27Cl2IN2O4S/c1-3-37-25-15-19(14-24(32)27(25)38-18-20-10-11-21(30)17-23(20)31)16-26-28(35)34(12-7-13-36-2)29(39-26)33-22-8-5-4-6-9-22/h4-6,8-11,14-17H,3,7,12-13,18H2,1-2H3/b26-16-,33-29?. The average Bonchev–Trinajstić information content (AvgIpc) is 3.19. The number of thioether (sulfide) groups is 1. The summed E-state index contributed by atoms with van der Waals surface area (Å²) in [6, 6.07) is 18.8. The number of para-hydroxylation sites is 1. The predicted octanol–water partition coefficient (Wildman–Crippen LogP) is 8.22. The van der Waals surface area contributed by atoms with E-state index < -0.39 is 0 Å². The number of ether oxygens (including phenoxy) is 3. The third-order valence-electron chi connectivity index (χ3n) is 5.62. The summed E-state index contributed by atoms with van der Waals surface area (Å²) in [5.41, 5.74) is 2.44. The number of carbonyl (C=O) groups is 1. The number of methoxy groups -OCH3 is 1. The van der Waals surface area contributed by atoms with Crippen molar-refractivity contribution < 1.29 is 19.0 Å². The fraction of sp³-hybridized carbons (Fsp3) is 0.241. The third kappa shape index (κ3) is 7.91. The maximum absolute atomic E-state index is 13.4. The summed E-state index contributed by atoms with van der Waals surface area (Å²) < 4.78 is 18.1. The van der Waals surface area contributed by atoms with Crippen LogP contribution in [0.2, 0.25) is 10.0 Å². The van der Waals surface area contributed by atoms with E-state index in [0.717, 1.165) is 20.4 Å². The van der Waals surface area contributed by atoms with Crippen LogP contribution in [0.15, 0.2) is 70.6 Å². The van der Waals surface area contributed by atoms with Crippen molar-refractivity contribution >= 4 is 80.4 Å². The summed E-state index contributed by atoms with van der Waals surface area (Å²) >= 11 is 15.9. The summed E-state index contributed by atoms with van der Waals surface area (Å²) in [6.45, 7) is 3.72. The molecule has 0 aliphatic carbocycles. The minimum atomic E-state index is -0.0866. The number of aliphatic imine (C=N–C) groups is 1. The van der Waals surface area contributed by atoms with Gasteiger partial charge in [0.1, 0.15) is 6.61 Å². The van der Waals surface area contributed by atoms with Gasteiger partial charge in [0.05, 0.1) is 20.8 Å². The van der Waals surface area contributed by atoms with Gasteiger partial charge in [0, 0.05) is 35.9 Å². The van der Waals surface area contributed by atoms with E-state index in [0.29, 0.717) is 57.8 Å². The molecule has 39 heavy (non-hydrogen) atoms. The van der Waals surface area contributed by atoms with E-state index in [1.807, 2.05) is 61.5 Å². The Hall–Kier alpha value is -2.24. The molecule has 1 fully saturated rings. The highest BCUT2D eigenvalue weighted by molar-refractivity contribution is 14.1. The van der Waals surface area contributed by atoms with Crippen LogP contribution in [-0.4, -0.2) is 42.8 Å². The molecule has 0 N–H and O–H groups in total. The van der Waals surface area contributed by atoms with Gasteiger partial charge in [0.15, 0.2) is 16.7 Å². The van der Waals surface area contributed by atoms with Crippen LogP contribution in [0.4, 0.5) is 5.69 Å². The molecule has 0 saturated carbocycles. The van der Waals surface area contributed by atoms with Gasteiger partial charge in [-0.25, -0.2) is 4.99 Å². The van der Waals surface area contributed by atoms with Crippen molar-refractivity contribution in [1.29, 1.82) is 0 Å². The van der Waals surface area contributed by atoms with Gasteiger partial charge in [0.2, 0.25) is 0 Å². The first-order valence-electron chi connectivity index (χ1n) is 12.3. The Labute approximate surface area is 256 Å². The fourth-order valence-corrected chi connectivity index (χ4v) is 6.05. The first-order chi connectivity index (χ1) is 18.9. The Morgan fingerprint density at radius 2 is 1.87 bits per heavy atom. The van der Waals surface area contributed by atoms with E-state index >= 15 is 0 Å². The molecule has 4 rings (SSSR count). The summed E-state index contributed by atoms with van der Waals surface area (Å²) in [6.07, 6.45) is 2.58. The summed E-state index contributed by atoms with van der Waals surface area (Å²) in [4.78, 5) is 20.5. The molecule has 1 saturated heterocycles. The second kappa shape index (κ2) is 14.4. The Kier molecular flexibility index (Phi) is 11.0. The number of benzene rings is 3. The minimum absolute atomic E-state index is 0.0866. The lowest BCUT2D eigenvalue weighted by molar-refractivity contribution is -0.122. The highest BCUT2D eigenvalue weighted by atomic mass is 127. The highest BCUT2D eigenvalue weighted by Crippen LogP contribution is 2.39. The van der Waals surface area contributed by atoms with E-state index in [2.05, 4.69) is 22.6 Å². The zero-order valence-corrected chi connectivity index (χ0v) is 25.9. The van der Waals surface area contributed by atoms with Crippen molar-refractivity contribution in [3.63, 3.8) is 0 Å². The summed E-state index contributed by atoms with van der Waals surface area (Å²) in [7, 11) is 1.65. The number of nitrogens with zero attached hydrogens (tertiary/aromatic N) is 2. The van der Waals surface area contributed by atoms with E-state index in [4.69, 9.17) is 42.4 Å². The average molecular weight is 697 g/mol. The first-order valence-corrected chi connectivity index (χ1v) is 14.9. The van der Waals surface area contributed by atoms with Crippen LogP contribution in [0.5, 0.6) is 11.5 Å². The Morgan fingerprint density at radius 1 is 1.08 bits per heavy atom. The molecule has 204 valence electrons. The van der Waals surface area contributed by atoms with Crippen molar-refractivity contribution in [3.05, 3.63) is 90.3 Å². The number of carbonyl (C=O) groups excluding carboxylic acids is 1. The number of rotatable bonds is 11. The molecular weight excluding hydrogens is 670 g/mol. The molecular formula is C29H27Cl2IN2O4S. The molecule has 1 heterocycles. The van der Waals surface area contributed by atoms with Crippen LogP contribution < -0.4 is 9.47 Å². The van der Waals surface area contributed by atoms with Crippen molar-refractivity contribution in [3.8, 4) is 11.5 Å². The quantitative estimate of drug-likeness (QED) is 0.115. The zero-order chi connectivity index (χ0) is 27.8. The number of hydrogen-bond donors (Lipinski definition) is 0. The van der Waals surface area contributed by atoms with Crippen molar-refractivity contribution in [2.24, 2.45) is 4.99 Å². The van der Waals surface area contributed by atoms with Crippen molar-refractivity contribution in [2.45, 2.75) is 20.0 Å². The maximum atomic E-state index is 13.4. The normalized spacial score (nSPS) is 15.4. The predicted molar refractivity (Wildman–Crippen MR) is 168 cm³/mol. The minimum Gasteiger partial charge on any atom is -0.490 e. The topological polar surface area (TPSA) is 60.4 Å². The van der Waals surface area contributed by atoms with Gasteiger partial charge in [-0.2, -0.15) is 0 Å². The van der Waals surface area contributed by atoms with Gasteiger partial charge in [-0.3, -0.25) is 9.69 Å². The van der Waals surface area contributed by atoms with Gasteiger partial charge >= 0.3 is 0 Å². The zero-order valence-electron chi connectivity index (χ0n) is 21.5. The largest absolute Gasteiger partial charge is 0.490 e. The van der Waals surface area contributed by atoms with Gasteiger partial charge in [0.25, 0.3) is 5.91 Å². The Bertz CT molecular complexity index is 1390. The number of halogens is 3. The van der Waals surface area contributed by atoms with E-state index in [1.54, 1.807) is 24.1 Å². The lowest BCUT2D eigenvalue weighted by Gasteiger charge is -2.16. The second-order valence-corrected chi connectivity index (χ2v) is 11.4. The highest BCUT2D eigenvalue weighted by Gasteiger charge is 2.33. The molecule has 0 bridgehead atoms. The monoisotopic (exact) mass is 696 g/mol. The fourth-order valence-electron chi connectivity index (χ4n) is 3.78. The molecule has 3 aromatic rings. The van der Waals surface area contributed by atoms with Crippen LogP contribution in [0.25, 0.3) is 6.08 Å². The van der Waals surface area contributed by atoms with Crippen LogP contribution in [0.3, 0.4) is 0 Å². The molecule has 0 atom stereocenters. The Balaban J connectivity index is 1.61. The molecule has 1 aliphatic heterocycles. The molecule has 1 aliphatic rings. The molecule has 0 unspecified atom stereocenters. The number of amides is 1. The molecule has 3 aromatic carbocycles. The van der Waals surface area contributed by atoms with Crippen LogP contribution in [0, 0.1) is 3.57 Å². The molecule has 0 spiro atoms. The van der Waals surface area contributed by atoms with E-state index in [1.165, 1.54) is 11.8 Å². The lowest BCUT2D eigenvalue weighted by atomic mass is 10.1. The molecule has 1 amide bonds. The summed E-state index contributed by atoms with van der Waals surface area (Å²) in [5.74, 6) is 1.12. The SMILES string of the molecule is CCOc1cc(/C=C2\SC(=Nc3ccccc3)N(CCCOC)C2=O)cc(I)c1OCc1ccc(Cl)cc1Cl. The summed E-state index contributed by atoms with van der Waals surface area (Å²) in [5, 5.41) is 1.75. The molecule has 0 radical (unpaired) electrons. The number of amidine groups is 1. The van der Waals surface area contributed by atoms with Crippen molar-refractivity contribution in [1.82, 2.24) is 4.90 Å². The van der Waals surface area contributed by atoms with Gasteiger partial charge in [-0.1, -0.05) is 47.5 Å². The van der Waals surface area contributed by atoms with Gasteiger partial charge in [-0.05, 0) is 95.7 Å². The Morgan fingerprint density at radius 3 is 2.59 bits per heavy atom. The first kappa shape index (κ1) is 29.7. The van der Waals surface area contributed by atoms with E-state index in [-0.39, 0.29) is 12.5 Å². The van der Waals surface area contributed by atoms with Crippen LogP contribution >= 0.6 is 57.6 Å². The lowest BCUT2D eigenvalue weighted by Crippen LogP contribution is -2.30. The maximum Gasteiger partial charge on any atom is 0.266 e. The second-order valence-electron chi connectivity index (χ2n) is 8.43. The number of hydrogen-bond acceptors (Lipinski definition) is 6. The van der Waals surface area contributed by atoms with Gasteiger partial charge in [-0.15, -0.1) is 0 Å². The molecule has 0 aromatic heterocycles. The molecule has 6 nitrogen and oxygen atoms in total. The molecule has 10 heteroatoms. The van der Waals surface area contributed by atoms with Gasteiger partial charge < -0.3 is 14.2 Å². The van der Waals surface area contributed by atoms with E-state index in [9.17, 15) is 4.79 Å². The van der Waals surface area contributed by atoms with Crippen LogP contribution in [-0.2, 0) is 16.1 Å². The third-order valence-corrected chi connectivity index (χ3v) is 8.01. The van der Waals surface area contributed by atoms with Crippen LogP contribution in [0.1, 0.15) is 24.5 Å². The smallest absolute Gasteiger partial charge is 0.266 e.